The van der Waals surface area contributed by atoms with E-state index >= 15 is 0 Å². The Bertz CT molecular complexity index is 2010. The summed E-state index contributed by atoms with van der Waals surface area (Å²) in [6, 6.07) is 52.2. The van der Waals surface area contributed by atoms with E-state index in [2.05, 4.69) is 171 Å². The fraction of sp³-hybridized carbons (Fsp3) is 0.0952. The molecule has 46 heavy (non-hydrogen) atoms. The molecule has 0 spiro atoms. The van der Waals surface area contributed by atoms with Crippen molar-refractivity contribution < 1.29 is 50.7 Å². The first-order valence-corrected chi connectivity index (χ1v) is 19.1. The zero-order chi connectivity index (χ0) is 29.8. The molecule has 0 nitrogen and oxygen atoms in total. The van der Waals surface area contributed by atoms with Gasteiger partial charge in [-0.05, 0) is 21.5 Å². The van der Waals surface area contributed by atoms with Gasteiger partial charge in [-0.1, -0.05) is 122 Å². The number of fused-ring (bicyclic) bond motifs is 4. The largest absolute Gasteiger partial charge is 4.00 e. The van der Waals surface area contributed by atoms with Crippen molar-refractivity contribution in [3.05, 3.63) is 157 Å². The Labute approximate surface area is 311 Å². The van der Waals surface area contributed by atoms with Crippen LogP contribution >= 0.6 is 0 Å². The fourth-order valence-electron chi connectivity index (χ4n) is 6.34. The summed E-state index contributed by atoms with van der Waals surface area (Å²) in [7, 11) is 0. The van der Waals surface area contributed by atoms with Crippen molar-refractivity contribution in [3.63, 3.8) is 0 Å². The van der Waals surface area contributed by atoms with Crippen molar-refractivity contribution in [3.8, 4) is 22.3 Å². The molecule has 8 rings (SSSR count). The van der Waals surface area contributed by atoms with Gasteiger partial charge in [-0.3, -0.25) is 0 Å². The van der Waals surface area contributed by atoms with E-state index in [0.29, 0.717) is 15.4 Å². The molecule has 0 bridgehead atoms. The van der Waals surface area contributed by atoms with Gasteiger partial charge in [0.1, 0.15) is 0 Å². The van der Waals surface area contributed by atoms with Crippen molar-refractivity contribution in [2.24, 2.45) is 0 Å². The molecule has 226 valence electrons. The first-order valence-electron chi connectivity index (χ1n) is 15.0. The van der Waals surface area contributed by atoms with Crippen LogP contribution < -0.4 is 24.8 Å². The van der Waals surface area contributed by atoms with Crippen LogP contribution in [0.3, 0.4) is 0 Å². The third kappa shape index (κ3) is 7.61. The molecule has 0 aromatic heterocycles. The molecule has 0 unspecified atom stereocenters. The van der Waals surface area contributed by atoms with Gasteiger partial charge in [-0.15, -0.1) is 92.3 Å². The molecule has 0 fully saturated rings. The van der Waals surface area contributed by atoms with E-state index in [4.69, 9.17) is 0 Å². The predicted molar refractivity (Wildman–Crippen MR) is 192 cm³/mol. The summed E-state index contributed by atoms with van der Waals surface area (Å²) < 4.78 is 0. The SMILES string of the molecule is Cc1[cH-]c2ccccc2c1-c1cccc2ccccc12.Cc1[cH-]c2ccccc2c1-c1cccc2ccccc12.[CH3][Ge][CH3].[Cl-].[Cl-].[Hf+4]. The van der Waals surface area contributed by atoms with Gasteiger partial charge in [0.15, 0.2) is 0 Å². The molecule has 0 heterocycles. The summed E-state index contributed by atoms with van der Waals surface area (Å²) in [5.74, 6) is 4.50. The van der Waals surface area contributed by atoms with Crippen molar-refractivity contribution >= 4 is 58.5 Å². The molecule has 0 saturated carbocycles. The predicted octanol–water partition coefficient (Wildman–Crippen LogP) is 6.17. The Morgan fingerprint density at radius 2 is 0.717 bits per heavy atom. The minimum atomic E-state index is 0. The first kappa shape index (κ1) is 37.5. The van der Waals surface area contributed by atoms with E-state index in [1.54, 1.807) is 0 Å². The second-order valence-electron chi connectivity index (χ2n) is 11.1. The van der Waals surface area contributed by atoms with E-state index in [1.807, 2.05) is 0 Å². The zero-order valence-electron chi connectivity index (χ0n) is 26.6. The van der Waals surface area contributed by atoms with Gasteiger partial charge in [0.05, 0.1) is 0 Å². The standard InChI is InChI=1S/2C20H15.C2H6Ge.2ClH.Hf/c2*1-14-13-16-8-3-5-11-18(16)20(14)19-12-6-9-15-7-2-4-10-17(15)19;1-3-2;;;/h2*2-13H,1H3;1-2H3;2*1H;/q2*-1;;;;+4/p-2. The maximum Gasteiger partial charge on any atom is 4.00 e. The summed E-state index contributed by atoms with van der Waals surface area (Å²) >= 11 is 0.500. The number of hydrogen-bond donors (Lipinski definition) is 0. The molecule has 0 amide bonds. The van der Waals surface area contributed by atoms with Gasteiger partial charge >= 0.3 is 52.8 Å². The summed E-state index contributed by atoms with van der Waals surface area (Å²) in [5, 5.41) is 10.6. The van der Waals surface area contributed by atoms with Crippen molar-refractivity contribution in [2.45, 2.75) is 25.4 Å². The number of aryl methyl sites for hydroxylation is 2. The zero-order valence-corrected chi connectivity index (χ0v) is 33.8. The molecular formula is C42H36Cl2GeHf. The number of rotatable bonds is 2. The summed E-state index contributed by atoms with van der Waals surface area (Å²) in [6.07, 6.45) is 0. The molecule has 0 aliphatic carbocycles. The summed E-state index contributed by atoms with van der Waals surface area (Å²) in [6.45, 7) is 4.41. The molecular weight excluding hydrogens is 826 g/mol. The van der Waals surface area contributed by atoms with Crippen LogP contribution in [0.1, 0.15) is 11.1 Å². The van der Waals surface area contributed by atoms with Gasteiger partial charge in [0.25, 0.3) is 0 Å². The van der Waals surface area contributed by atoms with Gasteiger partial charge < -0.3 is 24.8 Å². The molecule has 0 aliphatic rings. The van der Waals surface area contributed by atoms with E-state index in [9.17, 15) is 0 Å². The monoisotopic (exact) mass is 864 g/mol. The molecule has 8 aromatic carbocycles. The van der Waals surface area contributed by atoms with Crippen LogP contribution in [0, 0.1) is 13.8 Å². The van der Waals surface area contributed by atoms with Crippen LogP contribution in [0.5, 0.6) is 0 Å². The first-order chi connectivity index (χ1) is 21.1. The number of hydrogen-bond acceptors (Lipinski definition) is 0. The average Bonchev–Trinajstić information content (AvgIpc) is 3.56. The number of benzene rings is 6. The summed E-state index contributed by atoms with van der Waals surface area (Å²) in [4.78, 5) is 0. The Hall–Kier alpha value is -2.95. The van der Waals surface area contributed by atoms with Gasteiger partial charge in [-0.2, -0.15) is 0 Å². The second kappa shape index (κ2) is 17.3. The van der Waals surface area contributed by atoms with Gasteiger partial charge in [0, 0.05) is 0 Å². The Morgan fingerprint density at radius 1 is 0.413 bits per heavy atom. The minimum Gasteiger partial charge on any atom is -1.00 e. The topological polar surface area (TPSA) is 0 Å². The van der Waals surface area contributed by atoms with Crippen molar-refractivity contribution in [2.75, 3.05) is 0 Å². The smallest absolute Gasteiger partial charge is 1.00 e. The maximum absolute atomic E-state index is 2.28. The Morgan fingerprint density at radius 3 is 1.11 bits per heavy atom. The third-order valence-corrected chi connectivity index (χ3v) is 8.11. The fourth-order valence-corrected chi connectivity index (χ4v) is 6.34. The van der Waals surface area contributed by atoms with E-state index in [1.165, 1.54) is 76.5 Å². The normalized spacial score (nSPS) is 10.2. The van der Waals surface area contributed by atoms with Crippen LogP contribution in [-0.2, 0) is 25.8 Å². The molecule has 0 saturated heterocycles. The Balaban J connectivity index is 0.000000218. The minimum absolute atomic E-state index is 0. The molecule has 0 atom stereocenters. The van der Waals surface area contributed by atoms with Gasteiger partial charge in [-0.25, -0.2) is 0 Å². The Kier molecular flexibility index (Phi) is 14.1. The third-order valence-electron chi connectivity index (χ3n) is 8.11. The quantitative estimate of drug-likeness (QED) is 0.144. The van der Waals surface area contributed by atoms with Crippen LogP contribution in [-0.4, -0.2) is 15.4 Å². The van der Waals surface area contributed by atoms with E-state index in [0.717, 1.165) is 0 Å². The average molecular weight is 863 g/mol. The molecule has 2 radical (unpaired) electrons. The summed E-state index contributed by atoms with van der Waals surface area (Å²) in [5.41, 5.74) is 8.11. The van der Waals surface area contributed by atoms with Crippen LogP contribution in [0.2, 0.25) is 11.5 Å². The van der Waals surface area contributed by atoms with E-state index in [-0.39, 0.29) is 50.7 Å². The van der Waals surface area contributed by atoms with E-state index < -0.39 is 0 Å². The van der Waals surface area contributed by atoms with Crippen LogP contribution in [0.4, 0.5) is 0 Å². The maximum atomic E-state index is 2.28. The molecule has 0 N–H and O–H groups in total. The van der Waals surface area contributed by atoms with Gasteiger partial charge in [0.2, 0.25) is 0 Å². The second-order valence-corrected chi connectivity index (χ2v) is 13.2. The van der Waals surface area contributed by atoms with Crippen molar-refractivity contribution in [1.29, 1.82) is 0 Å². The van der Waals surface area contributed by atoms with Crippen molar-refractivity contribution in [1.82, 2.24) is 0 Å². The molecule has 8 aromatic rings. The molecule has 0 aliphatic heterocycles. The van der Waals surface area contributed by atoms with Crippen LogP contribution in [0.15, 0.2) is 146 Å². The molecule has 4 heteroatoms. The number of halogens is 2. The van der Waals surface area contributed by atoms with Crippen LogP contribution in [0.25, 0.3) is 65.3 Å².